The number of halogens is 1. The summed E-state index contributed by atoms with van der Waals surface area (Å²) < 4.78 is 7.49. The minimum atomic E-state index is 0.271. The first-order chi connectivity index (χ1) is 9.62. The number of thioether (sulfide) groups is 1. The van der Waals surface area contributed by atoms with E-state index in [2.05, 4.69) is 53.5 Å². The third kappa shape index (κ3) is 3.71. The lowest BCUT2D eigenvalue weighted by Gasteiger charge is -2.30. The normalized spacial score (nSPS) is 17.9. The van der Waals surface area contributed by atoms with Gasteiger partial charge in [-0.2, -0.15) is 11.8 Å². The van der Waals surface area contributed by atoms with Crippen molar-refractivity contribution < 1.29 is 4.74 Å². The van der Waals surface area contributed by atoms with Crippen LogP contribution in [0.3, 0.4) is 0 Å². The molecule has 0 amide bonds. The maximum atomic E-state index is 5.99. The van der Waals surface area contributed by atoms with E-state index in [9.17, 15) is 0 Å². The molecule has 1 aromatic rings. The van der Waals surface area contributed by atoms with Crippen LogP contribution in [-0.4, -0.2) is 30.2 Å². The molecular weight excluding hydrogens is 334 g/mol. The lowest BCUT2D eigenvalue weighted by molar-refractivity contribution is 0.225. The summed E-state index contributed by atoms with van der Waals surface area (Å²) in [6, 6.07) is 6.27. The zero-order valence-corrected chi connectivity index (χ0v) is 14.9. The van der Waals surface area contributed by atoms with Crippen molar-refractivity contribution in [3.05, 3.63) is 28.2 Å². The van der Waals surface area contributed by atoms with Gasteiger partial charge in [0.05, 0.1) is 0 Å². The summed E-state index contributed by atoms with van der Waals surface area (Å²) in [6.45, 7) is 6.54. The topological polar surface area (TPSA) is 21.3 Å². The zero-order chi connectivity index (χ0) is 14.6. The first-order valence-corrected chi connectivity index (χ1v) is 9.35. The Kier molecular flexibility index (Phi) is 5.82. The predicted molar refractivity (Wildman–Crippen MR) is 92.0 cm³/mol. The van der Waals surface area contributed by atoms with E-state index in [1.165, 1.54) is 18.4 Å². The number of hydrogen-bond acceptors (Lipinski definition) is 3. The monoisotopic (exact) mass is 357 g/mol. The molecule has 1 heterocycles. The molecule has 1 unspecified atom stereocenters. The van der Waals surface area contributed by atoms with Crippen molar-refractivity contribution in [3.63, 3.8) is 0 Å². The Bertz CT molecular complexity index is 440. The molecule has 1 aliphatic rings. The van der Waals surface area contributed by atoms with Gasteiger partial charge in [0.1, 0.15) is 11.9 Å². The van der Waals surface area contributed by atoms with Crippen molar-refractivity contribution in [2.75, 3.05) is 19.3 Å². The molecule has 1 atom stereocenters. The van der Waals surface area contributed by atoms with E-state index in [-0.39, 0.29) is 6.10 Å². The molecule has 0 aliphatic carbocycles. The fraction of sp³-hybridized carbons (Fsp3) is 0.625. The number of hydrogen-bond donors (Lipinski definition) is 1. The van der Waals surface area contributed by atoms with Crippen LogP contribution in [0.5, 0.6) is 5.75 Å². The molecule has 2 rings (SSSR count). The molecule has 0 radical (unpaired) electrons. The summed E-state index contributed by atoms with van der Waals surface area (Å²) in [6.07, 6.45) is 5.90. The fourth-order valence-corrected chi connectivity index (χ4v) is 3.96. The molecule has 0 fully saturated rings. The molecule has 0 saturated heterocycles. The van der Waals surface area contributed by atoms with Gasteiger partial charge in [-0.3, -0.25) is 0 Å². The highest BCUT2D eigenvalue weighted by Gasteiger charge is 2.26. The van der Waals surface area contributed by atoms with E-state index in [1.54, 1.807) is 0 Å². The van der Waals surface area contributed by atoms with Crippen molar-refractivity contribution >= 4 is 27.7 Å². The maximum Gasteiger partial charge on any atom is 0.123 e. The minimum absolute atomic E-state index is 0.271. The molecule has 0 saturated carbocycles. The van der Waals surface area contributed by atoms with E-state index >= 15 is 0 Å². The van der Waals surface area contributed by atoms with E-state index in [1.807, 2.05) is 17.8 Å². The largest absolute Gasteiger partial charge is 0.488 e. The zero-order valence-electron chi connectivity index (χ0n) is 12.5. The second-order valence-electron chi connectivity index (χ2n) is 5.42. The summed E-state index contributed by atoms with van der Waals surface area (Å²) in [5, 5.41) is 3.61. The van der Waals surface area contributed by atoms with Crippen molar-refractivity contribution in [1.82, 2.24) is 5.32 Å². The van der Waals surface area contributed by atoms with Crippen molar-refractivity contribution in [3.8, 4) is 5.75 Å². The van der Waals surface area contributed by atoms with Gasteiger partial charge < -0.3 is 10.1 Å². The smallest absolute Gasteiger partial charge is 0.123 e. The number of nitrogens with one attached hydrogen (secondary N) is 1. The summed E-state index contributed by atoms with van der Waals surface area (Å²) in [4.78, 5) is 0. The fourth-order valence-electron chi connectivity index (χ4n) is 2.72. The Labute approximate surface area is 135 Å². The van der Waals surface area contributed by atoms with E-state index < -0.39 is 0 Å². The third-order valence-corrected chi connectivity index (χ3v) is 6.39. The minimum Gasteiger partial charge on any atom is -0.488 e. The Hall–Kier alpha value is -0.190. The summed E-state index contributed by atoms with van der Waals surface area (Å²) in [7, 11) is 0. The van der Waals surface area contributed by atoms with E-state index in [4.69, 9.17) is 4.74 Å². The highest BCUT2D eigenvalue weighted by molar-refractivity contribution is 9.10. The molecule has 2 nitrogen and oxygen atoms in total. The van der Waals surface area contributed by atoms with Crippen LogP contribution in [0.1, 0.15) is 32.3 Å². The molecule has 0 aromatic heterocycles. The first kappa shape index (κ1) is 16.2. The number of fused-ring (bicyclic) bond motifs is 1. The Morgan fingerprint density at radius 2 is 2.15 bits per heavy atom. The second-order valence-corrected chi connectivity index (χ2v) is 7.61. The number of benzene rings is 1. The van der Waals surface area contributed by atoms with Gasteiger partial charge in [-0.1, -0.05) is 29.8 Å². The van der Waals surface area contributed by atoms with E-state index in [0.29, 0.717) is 4.75 Å². The van der Waals surface area contributed by atoms with Crippen LogP contribution in [0.25, 0.3) is 0 Å². The van der Waals surface area contributed by atoms with Crippen LogP contribution in [-0.2, 0) is 6.42 Å². The highest BCUT2D eigenvalue weighted by Crippen LogP contribution is 2.32. The predicted octanol–water partition coefficient (Wildman–Crippen LogP) is 4.26. The van der Waals surface area contributed by atoms with Crippen LogP contribution in [0, 0.1) is 0 Å². The summed E-state index contributed by atoms with van der Waals surface area (Å²) >= 11 is 5.50. The van der Waals surface area contributed by atoms with Crippen molar-refractivity contribution in [2.24, 2.45) is 0 Å². The van der Waals surface area contributed by atoms with Crippen LogP contribution >= 0.6 is 27.7 Å². The molecular formula is C16H24BrNOS. The highest BCUT2D eigenvalue weighted by atomic mass is 79.9. The lowest BCUT2D eigenvalue weighted by Crippen LogP contribution is -2.40. The standard InChI is InChI=1S/C16H24BrNOS/c1-4-16(5-2,20-3)11-18-10-14-9-12-8-13(17)6-7-15(12)19-14/h6-8,14,18H,4-5,9-11H2,1-3H3. The summed E-state index contributed by atoms with van der Waals surface area (Å²) in [5.41, 5.74) is 1.31. The Balaban J connectivity index is 1.83. The molecule has 20 heavy (non-hydrogen) atoms. The third-order valence-electron chi connectivity index (χ3n) is 4.30. The van der Waals surface area contributed by atoms with Crippen molar-refractivity contribution in [2.45, 2.75) is 44.0 Å². The van der Waals surface area contributed by atoms with Crippen LogP contribution < -0.4 is 10.1 Å². The van der Waals surface area contributed by atoms with E-state index in [0.717, 1.165) is 29.7 Å². The number of rotatable bonds is 7. The van der Waals surface area contributed by atoms with Crippen LogP contribution in [0.15, 0.2) is 22.7 Å². The average molecular weight is 358 g/mol. The van der Waals surface area contributed by atoms with Gasteiger partial charge in [0.25, 0.3) is 0 Å². The Morgan fingerprint density at radius 3 is 2.80 bits per heavy atom. The first-order valence-electron chi connectivity index (χ1n) is 7.33. The molecule has 1 aliphatic heterocycles. The van der Waals surface area contributed by atoms with Crippen LogP contribution in [0.2, 0.25) is 0 Å². The average Bonchev–Trinajstić information content (AvgIpc) is 2.86. The molecule has 1 aromatic carbocycles. The van der Waals surface area contributed by atoms with Gasteiger partial charge in [0.15, 0.2) is 0 Å². The van der Waals surface area contributed by atoms with Gasteiger partial charge >= 0.3 is 0 Å². The second kappa shape index (κ2) is 7.19. The molecule has 112 valence electrons. The maximum absolute atomic E-state index is 5.99. The van der Waals surface area contributed by atoms with Gasteiger partial charge in [0.2, 0.25) is 0 Å². The van der Waals surface area contributed by atoms with Crippen LogP contribution in [0.4, 0.5) is 0 Å². The number of ether oxygens (including phenoxy) is 1. The molecule has 0 bridgehead atoms. The molecule has 4 heteroatoms. The quantitative estimate of drug-likeness (QED) is 0.787. The van der Waals surface area contributed by atoms with Crippen molar-refractivity contribution in [1.29, 1.82) is 0 Å². The van der Waals surface area contributed by atoms with Gasteiger partial charge in [-0.25, -0.2) is 0 Å². The lowest BCUT2D eigenvalue weighted by atomic mass is 10.0. The SMILES string of the molecule is CCC(CC)(CNCC1Cc2cc(Br)ccc2O1)SC. The summed E-state index contributed by atoms with van der Waals surface area (Å²) in [5.74, 6) is 1.04. The Morgan fingerprint density at radius 1 is 1.40 bits per heavy atom. The van der Waals surface area contributed by atoms with Gasteiger partial charge in [-0.15, -0.1) is 0 Å². The molecule has 1 N–H and O–H groups in total. The van der Waals surface area contributed by atoms with Gasteiger partial charge in [0, 0.05) is 28.7 Å². The van der Waals surface area contributed by atoms with Gasteiger partial charge in [-0.05, 0) is 42.9 Å². The molecule has 0 spiro atoms.